The van der Waals surface area contributed by atoms with Crippen molar-refractivity contribution in [3.05, 3.63) is 65.7 Å². The first kappa shape index (κ1) is 18.9. The van der Waals surface area contributed by atoms with Crippen LogP contribution >= 0.6 is 11.3 Å². The van der Waals surface area contributed by atoms with Crippen LogP contribution in [-0.4, -0.2) is 21.4 Å². The Balaban J connectivity index is 1.45. The number of fused-ring (bicyclic) bond motifs is 1. The van der Waals surface area contributed by atoms with Gasteiger partial charge in [0.05, 0.1) is 5.69 Å². The molecule has 7 heteroatoms. The van der Waals surface area contributed by atoms with Gasteiger partial charge in [-0.25, -0.2) is 4.98 Å². The largest absolute Gasteiger partial charge is 0.335 e. The zero-order chi connectivity index (χ0) is 20.4. The number of thiazole rings is 1. The summed E-state index contributed by atoms with van der Waals surface area (Å²) >= 11 is 1.39. The van der Waals surface area contributed by atoms with Gasteiger partial charge in [-0.3, -0.25) is 9.59 Å². The number of amides is 2. The average molecular weight is 404 g/mol. The lowest BCUT2D eigenvalue weighted by molar-refractivity contribution is -0.116. The Hall–Kier alpha value is -3.45. The van der Waals surface area contributed by atoms with Crippen LogP contribution in [0, 0.1) is 6.92 Å². The van der Waals surface area contributed by atoms with Crippen LogP contribution in [0.2, 0.25) is 0 Å². The molecule has 0 radical (unpaired) electrons. The summed E-state index contributed by atoms with van der Waals surface area (Å²) in [6.45, 7) is 3.71. The van der Waals surface area contributed by atoms with Crippen molar-refractivity contribution in [3.8, 4) is 11.3 Å². The van der Waals surface area contributed by atoms with E-state index in [0.29, 0.717) is 5.13 Å². The average Bonchev–Trinajstić information content (AvgIpc) is 3.27. The van der Waals surface area contributed by atoms with Crippen molar-refractivity contribution in [2.75, 3.05) is 10.6 Å². The second-order valence-corrected chi connectivity index (χ2v) is 7.63. The van der Waals surface area contributed by atoms with Crippen molar-refractivity contribution >= 4 is 44.9 Å². The molecule has 0 fully saturated rings. The first-order valence-corrected chi connectivity index (χ1v) is 10.1. The number of carbonyl (C=O) groups is 2. The van der Waals surface area contributed by atoms with Crippen LogP contribution in [-0.2, 0) is 16.1 Å². The van der Waals surface area contributed by atoms with Gasteiger partial charge >= 0.3 is 0 Å². The predicted octanol–water partition coefficient (Wildman–Crippen LogP) is 4.67. The number of hydrogen-bond acceptors (Lipinski definition) is 4. The van der Waals surface area contributed by atoms with E-state index in [1.165, 1.54) is 18.3 Å². The second-order valence-electron chi connectivity index (χ2n) is 6.78. The highest BCUT2D eigenvalue weighted by atomic mass is 32.1. The molecule has 0 spiro atoms. The Labute approximate surface area is 172 Å². The van der Waals surface area contributed by atoms with Gasteiger partial charge in [0, 0.05) is 34.8 Å². The fourth-order valence-corrected chi connectivity index (χ4v) is 3.99. The highest BCUT2D eigenvalue weighted by Gasteiger charge is 2.12. The first-order chi connectivity index (χ1) is 14.0. The first-order valence-electron chi connectivity index (χ1n) is 9.18. The molecular weight excluding hydrogens is 384 g/mol. The summed E-state index contributed by atoms with van der Waals surface area (Å²) < 4.78 is 2.00. The number of hydrogen-bond donors (Lipinski definition) is 2. The molecule has 2 aromatic carbocycles. The SMILES string of the molecule is CC(=O)Nc1ccc(-c2csc(NC(=O)Cn3c(C)cc4ccccc43)n2)cc1. The van der Waals surface area contributed by atoms with E-state index in [1.807, 2.05) is 65.4 Å². The number of aromatic nitrogens is 2. The van der Waals surface area contributed by atoms with Crippen LogP contribution in [0.3, 0.4) is 0 Å². The Morgan fingerprint density at radius 1 is 1.07 bits per heavy atom. The van der Waals surface area contributed by atoms with Gasteiger partial charge in [-0.05, 0) is 36.6 Å². The number of anilines is 2. The minimum atomic E-state index is -0.114. The number of benzene rings is 2. The predicted molar refractivity (Wildman–Crippen MR) is 117 cm³/mol. The van der Waals surface area contributed by atoms with Gasteiger partial charge in [-0.15, -0.1) is 11.3 Å². The minimum absolute atomic E-state index is 0.109. The summed E-state index contributed by atoms with van der Waals surface area (Å²) in [7, 11) is 0. The van der Waals surface area contributed by atoms with Crippen molar-refractivity contribution in [2.45, 2.75) is 20.4 Å². The topological polar surface area (TPSA) is 76.0 Å². The van der Waals surface area contributed by atoms with Gasteiger partial charge in [0.15, 0.2) is 5.13 Å². The molecule has 0 aliphatic rings. The molecule has 2 amide bonds. The smallest absolute Gasteiger partial charge is 0.246 e. The van der Waals surface area contributed by atoms with Gasteiger partial charge in [-0.1, -0.05) is 30.3 Å². The standard InChI is InChI=1S/C22H20N4O2S/c1-14-11-17-5-3-4-6-20(17)26(14)12-21(28)25-22-24-19(13-29-22)16-7-9-18(10-8-16)23-15(2)27/h3-11,13H,12H2,1-2H3,(H,23,27)(H,24,25,28). The van der Waals surface area contributed by atoms with Crippen LogP contribution < -0.4 is 10.6 Å². The Kier molecular flexibility index (Phi) is 5.14. The molecule has 0 saturated heterocycles. The fraction of sp³-hybridized carbons (Fsp3) is 0.136. The molecule has 4 aromatic rings. The fourth-order valence-electron chi connectivity index (χ4n) is 3.25. The van der Waals surface area contributed by atoms with Crippen molar-refractivity contribution in [1.29, 1.82) is 0 Å². The third-order valence-corrected chi connectivity index (χ3v) is 5.33. The van der Waals surface area contributed by atoms with E-state index in [4.69, 9.17) is 0 Å². The van der Waals surface area contributed by atoms with Gasteiger partial charge < -0.3 is 15.2 Å². The quantitative estimate of drug-likeness (QED) is 0.507. The van der Waals surface area contributed by atoms with E-state index in [9.17, 15) is 9.59 Å². The molecule has 0 saturated carbocycles. The van der Waals surface area contributed by atoms with Crippen LogP contribution in [0.4, 0.5) is 10.8 Å². The summed E-state index contributed by atoms with van der Waals surface area (Å²) in [5, 5.41) is 9.21. The number of aryl methyl sites for hydroxylation is 1. The maximum atomic E-state index is 12.6. The van der Waals surface area contributed by atoms with E-state index in [1.54, 1.807) is 0 Å². The number of rotatable bonds is 5. The van der Waals surface area contributed by atoms with Crippen molar-refractivity contribution in [2.24, 2.45) is 0 Å². The van der Waals surface area contributed by atoms with Gasteiger partial charge in [0.2, 0.25) is 11.8 Å². The van der Waals surface area contributed by atoms with Crippen LogP contribution in [0.1, 0.15) is 12.6 Å². The molecule has 0 unspecified atom stereocenters. The molecule has 0 aliphatic carbocycles. The lowest BCUT2D eigenvalue weighted by atomic mass is 10.1. The lowest BCUT2D eigenvalue weighted by Gasteiger charge is -2.07. The molecule has 0 bridgehead atoms. The number of para-hydroxylation sites is 1. The molecule has 2 aromatic heterocycles. The van der Waals surface area contributed by atoms with Crippen molar-refractivity contribution in [3.63, 3.8) is 0 Å². The monoisotopic (exact) mass is 404 g/mol. The minimum Gasteiger partial charge on any atom is -0.335 e. The van der Waals surface area contributed by atoms with E-state index < -0.39 is 0 Å². The summed E-state index contributed by atoms with van der Waals surface area (Å²) in [6, 6.07) is 17.5. The molecule has 4 rings (SSSR count). The van der Waals surface area contributed by atoms with Crippen LogP contribution in [0.25, 0.3) is 22.2 Å². The van der Waals surface area contributed by atoms with E-state index >= 15 is 0 Å². The summed E-state index contributed by atoms with van der Waals surface area (Å²) in [5.74, 6) is -0.224. The van der Waals surface area contributed by atoms with Crippen LogP contribution in [0.15, 0.2) is 60.0 Å². The molecule has 29 heavy (non-hydrogen) atoms. The molecule has 6 nitrogen and oxygen atoms in total. The summed E-state index contributed by atoms with van der Waals surface area (Å²) in [5.41, 5.74) is 4.52. The highest BCUT2D eigenvalue weighted by molar-refractivity contribution is 7.14. The third-order valence-electron chi connectivity index (χ3n) is 4.57. The number of nitrogens with zero attached hydrogens (tertiary/aromatic N) is 2. The van der Waals surface area contributed by atoms with Gasteiger partial charge in [-0.2, -0.15) is 0 Å². The molecule has 0 aliphatic heterocycles. The third kappa shape index (κ3) is 4.20. The number of nitrogens with one attached hydrogen (secondary N) is 2. The zero-order valence-electron chi connectivity index (χ0n) is 16.1. The van der Waals surface area contributed by atoms with Gasteiger partial charge in [0.1, 0.15) is 6.54 Å². The van der Waals surface area contributed by atoms with E-state index in [2.05, 4.69) is 21.7 Å². The Morgan fingerprint density at radius 3 is 2.59 bits per heavy atom. The zero-order valence-corrected chi connectivity index (χ0v) is 16.9. The Bertz CT molecular complexity index is 1190. The molecule has 0 atom stereocenters. The molecule has 146 valence electrons. The highest BCUT2D eigenvalue weighted by Crippen LogP contribution is 2.26. The van der Waals surface area contributed by atoms with Crippen molar-refractivity contribution in [1.82, 2.24) is 9.55 Å². The summed E-state index contributed by atoms with van der Waals surface area (Å²) in [6.07, 6.45) is 0. The maximum Gasteiger partial charge on any atom is 0.246 e. The van der Waals surface area contributed by atoms with E-state index in [0.717, 1.165) is 33.5 Å². The lowest BCUT2D eigenvalue weighted by Crippen LogP contribution is -2.19. The normalized spacial score (nSPS) is 10.8. The van der Waals surface area contributed by atoms with Crippen molar-refractivity contribution < 1.29 is 9.59 Å². The molecule has 2 heterocycles. The Morgan fingerprint density at radius 2 is 1.83 bits per heavy atom. The second kappa shape index (κ2) is 7.89. The molecule has 2 N–H and O–H groups in total. The summed E-state index contributed by atoms with van der Waals surface area (Å²) in [4.78, 5) is 28.2. The van der Waals surface area contributed by atoms with Gasteiger partial charge in [0.25, 0.3) is 0 Å². The maximum absolute atomic E-state index is 12.6. The van der Waals surface area contributed by atoms with E-state index in [-0.39, 0.29) is 18.4 Å². The van der Waals surface area contributed by atoms with Crippen LogP contribution in [0.5, 0.6) is 0 Å². The molecular formula is C22H20N4O2S. The number of carbonyl (C=O) groups excluding carboxylic acids is 2.